The molecule has 3 N–H and O–H groups in total. The molecular weight excluding hydrogens is 388 g/mol. The molecule has 0 fully saturated rings. The number of aliphatic hydroxyl groups is 3. The second kappa shape index (κ2) is 12.0. The highest BCUT2D eigenvalue weighted by Crippen LogP contribution is 2.30. The van der Waals surface area contributed by atoms with E-state index in [1.165, 1.54) is 5.57 Å². The standard InChI is InChI=1S/C27H38O4/c1-5-22(13-11-20(4)27(30,6-2)7-3)23-9-8-10-26(16-23)31-19-21-12-14-24(17-28)25(15-21)18-29/h8-10,12-16,20,28-30H,5-7,11,17-19H2,1-4H3/b22-13-. The van der Waals surface area contributed by atoms with Gasteiger partial charge in [-0.15, -0.1) is 0 Å². The minimum atomic E-state index is -0.612. The van der Waals surface area contributed by atoms with Gasteiger partial charge >= 0.3 is 0 Å². The predicted octanol–water partition coefficient (Wildman–Crippen LogP) is 5.62. The first-order chi connectivity index (χ1) is 14.9. The molecule has 0 heterocycles. The maximum atomic E-state index is 10.8. The molecule has 0 aliphatic rings. The van der Waals surface area contributed by atoms with Crippen LogP contribution in [0.15, 0.2) is 48.5 Å². The van der Waals surface area contributed by atoms with Gasteiger partial charge in [-0.2, -0.15) is 0 Å². The molecule has 31 heavy (non-hydrogen) atoms. The molecule has 0 saturated heterocycles. The summed E-state index contributed by atoms with van der Waals surface area (Å²) in [5, 5.41) is 29.6. The maximum Gasteiger partial charge on any atom is 0.120 e. The quantitative estimate of drug-likeness (QED) is 0.412. The molecule has 4 heteroatoms. The number of allylic oxidation sites excluding steroid dienone is 2. The number of ether oxygens (including phenoxy) is 1. The maximum absolute atomic E-state index is 10.8. The van der Waals surface area contributed by atoms with Gasteiger partial charge in [0.05, 0.1) is 18.8 Å². The zero-order valence-electron chi connectivity index (χ0n) is 19.4. The first-order valence-electron chi connectivity index (χ1n) is 11.4. The van der Waals surface area contributed by atoms with Crippen LogP contribution < -0.4 is 4.74 Å². The van der Waals surface area contributed by atoms with Crippen LogP contribution in [0.1, 0.15) is 75.6 Å². The van der Waals surface area contributed by atoms with Crippen LogP contribution in [0.3, 0.4) is 0 Å². The largest absolute Gasteiger partial charge is 0.489 e. The van der Waals surface area contributed by atoms with Gasteiger partial charge in [0.1, 0.15) is 12.4 Å². The van der Waals surface area contributed by atoms with Gasteiger partial charge in [-0.1, -0.05) is 58.0 Å². The number of hydrogen-bond acceptors (Lipinski definition) is 4. The van der Waals surface area contributed by atoms with Crippen molar-refractivity contribution in [3.63, 3.8) is 0 Å². The Hall–Kier alpha value is -2.14. The lowest BCUT2D eigenvalue weighted by Gasteiger charge is -2.31. The zero-order chi connectivity index (χ0) is 22.9. The second-order valence-electron chi connectivity index (χ2n) is 8.27. The van der Waals surface area contributed by atoms with Crippen molar-refractivity contribution in [1.82, 2.24) is 0 Å². The van der Waals surface area contributed by atoms with E-state index in [0.717, 1.165) is 53.7 Å². The second-order valence-corrected chi connectivity index (χ2v) is 8.27. The van der Waals surface area contributed by atoms with Crippen LogP contribution in [-0.4, -0.2) is 20.9 Å². The van der Waals surface area contributed by atoms with E-state index >= 15 is 0 Å². The van der Waals surface area contributed by atoms with Crippen LogP contribution in [0, 0.1) is 5.92 Å². The molecule has 0 amide bonds. The van der Waals surface area contributed by atoms with Crippen molar-refractivity contribution in [1.29, 1.82) is 0 Å². The summed E-state index contributed by atoms with van der Waals surface area (Å²) < 4.78 is 6.00. The van der Waals surface area contributed by atoms with Crippen molar-refractivity contribution < 1.29 is 20.1 Å². The zero-order valence-corrected chi connectivity index (χ0v) is 19.4. The van der Waals surface area contributed by atoms with Crippen LogP contribution in [0.4, 0.5) is 0 Å². The SMILES string of the molecule is CC/C(=C/CC(C)C(O)(CC)CC)c1cccc(OCc2ccc(CO)c(CO)c2)c1. The smallest absolute Gasteiger partial charge is 0.120 e. The molecule has 2 aromatic rings. The van der Waals surface area contributed by atoms with Crippen molar-refractivity contribution in [2.24, 2.45) is 5.92 Å². The van der Waals surface area contributed by atoms with Gasteiger partial charge in [0.2, 0.25) is 0 Å². The van der Waals surface area contributed by atoms with Gasteiger partial charge in [-0.3, -0.25) is 0 Å². The Kier molecular flexibility index (Phi) is 9.76. The Balaban J connectivity index is 2.11. The van der Waals surface area contributed by atoms with Crippen LogP contribution >= 0.6 is 0 Å². The fourth-order valence-corrected chi connectivity index (χ4v) is 3.97. The molecule has 4 nitrogen and oxygen atoms in total. The van der Waals surface area contributed by atoms with E-state index in [-0.39, 0.29) is 19.1 Å². The van der Waals surface area contributed by atoms with Crippen molar-refractivity contribution in [2.75, 3.05) is 0 Å². The molecule has 0 saturated carbocycles. The summed E-state index contributed by atoms with van der Waals surface area (Å²) in [6.45, 7) is 8.57. The monoisotopic (exact) mass is 426 g/mol. The fourth-order valence-electron chi connectivity index (χ4n) is 3.97. The lowest BCUT2D eigenvalue weighted by atomic mass is 9.81. The van der Waals surface area contributed by atoms with E-state index in [2.05, 4.69) is 32.1 Å². The lowest BCUT2D eigenvalue weighted by molar-refractivity contribution is -0.0178. The van der Waals surface area contributed by atoms with Gasteiger partial charge in [0, 0.05) is 0 Å². The summed E-state index contributed by atoms with van der Waals surface area (Å²) in [6.07, 6.45) is 5.53. The molecule has 1 unspecified atom stereocenters. The van der Waals surface area contributed by atoms with Gasteiger partial charge < -0.3 is 20.1 Å². The van der Waals surface area contributed by atoms with E-state index in [1.807, 2.05) is 44.2 Å². The molecular formula is C27H38O4. The molecule has 1 atom stereocenters. The minimum absolute atomic E-state index is 0.0856. The van der Waals surface area contributed by atoms with Crippen LogP contribution in [0.2, 0.25) is 0 Å². The molecule has 0 aliphatic heterocycles. The molecule has 0 aromatic heterocycles. The average molecular weight is 427 g/mol. The predicted molar refractivity (Wildman–Crippen MR) is 127 cm³/mol. The number of benzene rings is 2. The number of aliphatic hydroxyl groups excluding tert-OH is 2. The van der Waals surface area contributed by atoms with E-state index in [1.54, 1.807) is 0 Å². The van der Waals surface area contributed by atoms with E-state index in [0.29, 0.717) is 6.61 Å². The normalized spacial score (nSPS) is 13.3. The van der Waals surface area contributed by atoms with Crippen molar-refractivity contribution in [3.05, 3.63) is 70.8 Å². The topological polar surface area (TPSA) is 69.9 Å². The summed E-state index contributed by atoms with van der Waals surface area (Å²) in [4.78, 5) is 0. The Morgan fingerprint density at radius 3 is 2.32 bits per heavy atom. The summed E-state index contributed by atoms with van der Waals surface area (Å²) in [5.74, 6) is 0.992. The Bertz CT molecular complexity index is 852. The van der Waals surface area contributed by atoms with Crippen LogP contribution in [0.5, 0.6) is 5.75 Å². The summed E-state index contributed by atoms with van der Waals surface area (Å²) in [5.41, 5.74) is 4.18. The third-order valence-electron chi connectivity index (χ3n) is 6.46. The van der Waals surface area contributed by atoms with Gasteiger partial charge in [-0.05, 0) is 77.6 Å². The van der Waals surface area contributed by atoms with Crippen molar-refractivity contribution in [3.8, 4) is 5.75 Å². The molecule has 0 radical (unpaired) electrons. The summed E-state index contributed by atoms with van der Waals surface area (Å²) >= 11 is 0. The molecule has 0 bridgehead atoms. The third kappa shape index (κ3) is 6.67. The Morgan fingerprint density at radius 2 is 1.71 bits per heavy atom. The highest BCUT2D eigenvalue weighted by atomic mass is 16.5. The molecule has 2 aromatic carbocycles. The highest BCUT2D eigenvalue weighted by Gasteiger charge is 2.28. The molecule has 0 spiro atoms. The van der Waals surface area contributed by atoms with Crippen molar-refractivity contribution in [2.45, 2.75) is 78.8 Å². The van der Waals surface area contributed by atoms with E-state index in [4.69, 9.17) is 4.74 Å². The number of rotatable bonds is 12. The summed E-state index contributed by atoms with van der Waals surface area (Å²) in [6, 6.07) is 13.7. The molecule has 2 rings (SSSR count). The van der Waals surface area contributed by atoms with Crippen molar-refractivity contribution >= 4 is 5.57 Å². The van der Waals surface area contributed by atoms with Gasteiger partial charge in [-0.25, -0.2) is 0 Å². The minimum Gasteiger partial charge on any atom is -0.489 e. The third-order valence-corrected chi connectivity index (χ3v) is 6.46. The Morgan fingerprint density at radius 1 is 1.00 bits per heavy atom. The first kappa shape index (κ1) is 25.1. The fraction of sp³-hybridized carbons (Fsp3) is 0.481. The van der Waals surface area contributed by atoms with E-state index in [9.17, 15) is 15.3 Å². The first-order valence-corrected chi connectivity index (χ1v) is 11.4. The van der Waals surface area contributed by atoms with Crippen LogP contribution in [0.25, 0.3) is 5.57 Å². The van der Waals surface area contributed by atoms with Gasteiger partial charge in [0.15, 0.2) is 0 Å². The Labute approximate surface area is 187 Å². The number of hydrogen-bond donors (Lipinski definition) is 3. The molecule has 0 aliphatic carbocycles. The average Bonchev–Trinajstić information content (AvgIpc) is 2.82. The van der Waals surface area contributed by atoms with Gasteiger partial charge in [0.25, 0.3) is 0 Å². The highest BCUT2D eigenvalue weighted by molar-refractivity contribution is 5.66. The molecule has 170 valence electrons. The summed E-state index contributed by atoms with van der Waals surface area (Å²) in [7, 11) is 0. The lowest BCUT2D eigenvalue weighted by Crippen LogP contribution is -2.34. The van der Waals surface area contributed by atoms with Crippen LogP contribution in [-0.2, 0) is 19.8 Å². The van der Waals surface area contributed by atoms with E-state index < -0.39 is 5.60 Å².